The van der Waals surface area contributed by atoms with Crippen molar-refractivity contribution in [3.8, 4) is 0 Å². The standard InChI is InChI=1S/C15H20Cl2N2O.ClH/c1-9(11-5-3-6-12(16)15(11)17)19-14(20)8-10-4-2-7-13(10)18;/h3,5-6,9-10,13H,2,4,7-8,18H2,1H3,(H,19,20);1H/t9?,10-,13+;/m0./s1. The number of hydrogen-bond acceptors (Lipinski definition) is 2. The summed E-state index contributed by atoms with van der Waals surface area (Å²) in [6, 6.07) is 5.44. The topological polar surface area (TPSA) is 55.1 Å². The van der Waals surface area contributed by atoms with Gasteiger partial charge in [0.05, 0.1) is 16.1 Å². The second-order valence-corrected chi connectivity index (χ2v) is 6.28. The third-order valence-electron chi connectivity index (χ3n) is 3.99. The van der Waals surface area contributed by atoms with Crippen LogP contribution in [-0.2, 0) is 4.79 Å². The highest BCUT2D eigenvalue weighted by atomic mass is 35.5. The van der Waals surface area contributed by atoms with Crippen LogP contribution in [-0.4, -0.2) is 11.9 Å². The summed E-state index contributed by atoms with van der Waals surface area (Å²) >= 11 is 12.2. The highest BCUT2D eigenvalue weighted by Crippen LogP contribution is 2.30. The van der Waals surface area contributed by atoms with Crippen molar-refractivity contribution in [1.29, 1.82) is 0 Å². The first-order chi connectivity index (χ1) is 9.49. The number of nitrogens with two attached hydrogens (primary N) is 1. The van der Waals surface area contributed by atoms with Crippen LogP contribution in [0, 0.1) is 5.92 Å². The van der Waals surface area contributed by atoms with Crippen LogP contribution >= 0.6 is 35.6 Å². The average Bonchev–Trinajstić information content (AvgIpc) is 2.78. The van der Waals surface area contributed by atoms with Crippen molar-refractivity contribution < 1.29 is 4.79 Å². The molecule has 1 saturated carbocycles. The van der Waals surface area contributed by atoms with Crippen LogP contribution in [0.25, 0.3) is 0 Å². The van der Waals surface area contributed by atoms with Crippen LogP contribution in [0.2, 0.25) is 10.0 Å². The van der Waals surface area contributed by atoms with E-state index in [-0.39, 0.29) is 30.4 Å². The maximum absolute atomic E-state index is 12.1. The van der Waals surface area contributed by atoms with Crippen molar-refractivity contribution in [2.24, 2.45) is 11.7 Å². The van der Waals surface area contributed by atoms with Gasteiger partial charge in [0.2, 0.25) is 5.91 Å². The maximum Gasteiger partial charge on any atom is 0.220 e. The molecule has 0 aromatic heterocycles. The first-order valence-electron chi connectivity index (χ1n) is 6.98. The van der Waals surface area contributed by atoms with Gasteiger partial charge in [0.25, 0.3) is 0 Å². The highest BCUT2D eigenvalue weighted by molar-refractivity contribution is 6.42. The van der Waals surface area contributed by atoms with E-state index < -0.39 is 0 Å². The number of rotatable bonds is 4. The molecule has 1 unspecified atom stereocenters. The summed E-state index contributed by atoms with van der Waals surface area (Å²) in [4.78, 5) is 12.1. The zero-order valence-electron chi connectivity index (χ0n) is 11.9. The summed E-state index contributed by atoms with van der Waals surface area (Å²) in [6.45, 7) is 1.91. The number of benzene rings is 1. The molecule has 1 amide bonds. The fraction of sp³-hybridized carbons (Fsp3) is 0.533. The number of carbonyl (C=O) groups is 1. The molecule has 21 heavy (non-hydrogen) atoms. The molecule has 0 heterocycles. The average molecular weight is 352 g/mol. The van der Waals surface area contributed by atoms with Crippen molar-refractivity contribution in [2.75, 3.05) is 0 Å². The summed E-state index contributed by atoms with van der Waals surface area (Å²) in [5.41, 5.74) is 6.83. The van der Waals surface area contributed by atoms with Crippen molar-refractivity contribution >= 4 is 41.5 Å². The van der Waals surface area contributed by atoms with E-state index in [9.17, 15) is 4.79 Å². The van der Waals surface area contributed by atoms with E-state index in [1.54, 1.807) is 6.07 Å². The molecule has 0 radical (unpaired) electrons. The predicted molar refractivity (Wildman–Crippen MR) is 90.2 cm³/mol. The Hall–Kier alpha value is -0.480. The van der Waals surface area contributed by atoms with E-state index in [1.165, 1.54) is 0 Å². The van der Waals surface area contributed by atoms with E-state index in [1.807, 2.05) is 19.1 Å². The fourth-order valence-electron chi connectivity index (χ4n) is 2.79. The Morgan fingerprint density at radius 1 is 1.43 bits per heavy atom. The number of carbonyl (C=O) groups excluding carboxylic acids is 1. The molecule has 1 aliphatic carbocycles. The van der Waals surface area contributed by atoms with Crippen LogP contribution in [0.1, 0.15) is 44.2 Å². The molecule has 1 aromatic carbocycles. The van der Waals surface area contributed by atoms with Gasteiger partial charge in [-0.1, -0.05) is 41.8 Å². The Morgan fingerprint density at radius 2 is 2.14 bits per heavy atom. The quantitative estimate of drug-likeness (QED) is 0.857. The summed E-state index contributed by atoms with van der Waals surface area (Å²) < 4.78 is 0. The molecule has 2 rings (SSSR count). The van der Waals surface area contributed by atoms with E-state index >= 15 is 0 Å². The van der Waals surface area contributed by atoms with Crippen molar-refractivity contribution in [3.63, 3.8) is 0 Å². The van der Waals surface area contributed by atoms with Crippen LogP contribution in [0.4, 0.5) is 0 Å². The molecular weight excluding hydrogens is 331 g/mol. The van der Waals surface area contributed by atoms with Gasteiger partial charge >= 0.3 is 0 Å². The van der Waals surface area contributed by atoms with Gasteiger partial charge < -0.3 is 11.1 Å². The number of halogens is 3. The maximum atomic E-state index is 12.1. The van der Waals surface area contributed by atoms with Gasteiger partial charge in [0.15, 0.2) is 0 Å². The first kappa shape index (κ1) is 18.6. The van der Waals surface area contributed by atoms with E-state index in [0.717, 1.165) is 24.8 Å². The SMILES string of the molecule is CC(NC(=O)C[C@@H]1CCC[C@H]1N)c1cccc(Cl)c1Cl.Cl. The lowest BCUT2D eigenvalue weighted by molar-refractivity contribution is -0.122. The van der Waals surface area contributed by atoms with Crippen LogP contribution < -0.4 is 11.1 Å². The molecule has 1 aliphatic rings. The molecule has 0 spiro atoms. The Labute approximate surface area is 142 Å². The second-order valence-electron chi connectivity index (χ2n) is 5.49. The van der Waals surface area contributed by atoms with Crippen LogP contribution in [0.5, 0.6) is 0 Å². The number of nitrogens with one attached hydrogen (secondary N) is 1. The minimum Gasteiger partial charge on any atom is -0.350 e. The Bertz CT molecular complexity index is 496. The molecule has 118 valence electrons. The Morgan fingerprint density at radius 3 is 2.76 bits per heavy atom. The predicted octanol–water partition coefficient (Wildman–Crippen LogP) is 4.11. The Kier molecular flexibility index (Phi) is 7.28. The lowest BCUT2D eigenvalue weighted by Crippen LogP contribution is -2.33. The van der Waals surface area contributed by atoms with Gasteiger partial charge in [-0.2, -0.15) is 0 Å². The van der Waals surface area contributed by atoms with Gasteiger partial charge in [0.1, 0.15) is 0 Å². The lowest BCUT2D eigenvalue weighted by atomic mass is 9.99. The van der Waals surface area contributed by atoms with Gasteiger partial charge in [0, 0.05) is 12.5 Å². The molecule has 1 aromatic rings. The molecule has 3 N–H and O–H groups in total. The third kappa shape index (κ3) is 4.75. The van der Waals surface area contributed by atoms with Crippen LogP contribution in [0.15, 0.2) is 18.2 Å². The van der Waals surface area contributed by atoms with Gasteiger partial charge in [-0.25, -0.2) is 0 Å². The molecule has 1 fully saturated rings. The molecule has 0 saturated heterocycles. The van der Waals surface area contributed by atoms with Gasteiger partial charge in [-0.05, 0) is 37.3 Å². The number of amides is 1. The van der Waals surface area contributed by atoms with Crippen LogP contribution in [0.3, 0.4) is 0 Å². The molecule has 6 heteroatoms. The fourth-order valence-corrected chi connectivity index (χ4v) is 3.26. The summed E-state index contributed by atoms with van der Waals surface area (Å²) in [7, 11) is 0. The zero-order chi connectivity index (χ0) is 14.7. The van der Waals surface area contributed by atoms with Gasteiger partial charge in [-0.3, -0.25) is 4.79 Å². The van der Waals surface area contributed by atoms with E-state index in [4.69, 9.17) is 28.9 Å². The minimum atomic E-state index is -0.161. The highest BCUT2D eigenvalue weighted by Gasteiger charge is 2.26. The second kappa shape index (κ2) is 8.23. The first-order valence-corrected chi connectivity index (χ1v) is 7.73. The summed E-state index contributed by atoms with van der Waals surface area (Å²) in [6.07, 6.45) is 3.67. The van der Waals surface area contributed by atoms with Crippen molar-refractivity contribution in [3.05, 3.63) is 33.8 Å². The molecule has 3 atom stereocenters. The summed E-state index contributed by atoms with van der Waals surface area (Å²) in [5, 5.41) is 3.98. The molecule has 0 bridgehead atoms. The molecular formula is C15H21Cl3N2O. The zero-order valence-corrected chi connectivity index (χ0v) is 14.3. The smallest absolute Gasteiger partial charge is 0.220 e. The van der Waals surface area contributed by atoms with Crippen molar-refractivity contribution in [1.82, 2.24) is 5.32 Å². The normalized spacial score (nSPS) is 22.5. The lowest BCUT2D eigenvalue weighted by Gasteiger charge is -2.19. The van der Waals surface area contributed by atoms with E-state index in [2.05, 4.69) is 5.32 Å². The largest absolute Gasteiger partial charge is 0.350 e. The summed E-state index contributed by atoms with van der Waals surface area (Å²) in [5.74, 6) is 0.327. The molecule has 3 nitrogen and oxygen atoms in total. The Balaban J connectivity index is 0.00000220. The van der Waals surface area contributed by atoms with Crippen molar-refractivity contribution in [2.45, 2.75) is 44.7 Å². The third-order valence-corrected chi connectivity index (χ3v) is 4.82. The minimum absolute atomic E-state index is 0. The molecule has 0 aliphatic heterocycles. The van der Waals surface area contributed by atoms with E-state index in [0.29, 0.717) is 22.4 Å². The van der Waals surface area contributed by atoms with Gasteiger partial charge in [-0.15, -0.1) is 12.4 Å². The number of hydrogen-bond donors (Lipinski definition) is 2. The monoisotopic (exact) mass is 350 g/mol.